The Morgan fingerprint density at radius 1 is 1.00 bits per heavy atom. The van der Waals surface area contributed by atoms with Gasteiger partial charge in [-0.15, -0.1) is 0 Å². The Morgan fingerprint density at radius 2 is 1.89 bits per heavy atom. The van der Waals surface area contributed by atoms with E-state index in [4.69, 9.17) is 0 Å². The van der Waals surface area contributed by atoms with Crippen molar-refractivity contribution >= 4 is 0 Å². The largest absolute Gasteiger partial charge is 0.305 e. The number of rotatable bonds is 1. The van der Waals surface area contributed by atoms with Gasteiger partial charge in [-0.05, 0) is 50.4 Å². The first kappa shape index (κ1) is 12.2. The molecule has 0 saturated carbocycles. The molecule has 2 aliphatic rings. The molecule has 18 heavy (non-hydrogen) atoms. The average molecular weight is 244 g/mol. The Bertz CT molecular complexity index is 402. The summed E-state index contributed by atoms with van der Waals surface area (Å²) in [6.45, 7) is 4.97. The molecular formula is C16H24N2. The van der Waals surface area contributed by atoms with Crippen molar-refractivity contribution in [1.29, 1.82) is 0 Å². The number of nitrogens with zero attached hydrogens (tertiary/aromatic N) is 2. The van der Waals surface area contributed by atoms with Crippen LogP contribution in [0, 0.1) is 0 Å². The van der Waals surface area contributed by atoms with Gasteiger partial charge in [-0.3, -0.25) is 4.90 Å². The third kappa shape index (κ3) is 2.45. The maximum absolute atomic E-state index is 2.72. The Hall–Kier alpha value is -0.860. The van der Waals surface area contributed by atoms with Crippen LogP contribution < -0.4 is 0 Å². The fourth-order valence-corrected chi connectivity index (χ4v) is 3.49. The predicted molar refractivity (Wildman–Crippen MR) is 75.8 cm³/mol. The normalized spacial score (nSPS) is 26.6. The molecule has 0 bridgehead atoms. The molecule has 1 fully saturated rings. The maximum Gasteiger partial charge on any atom is 0.0351 e. The second-order valence-electron chi connectivity index (χ2n) is 5.80. The molecule has 3 rings (SSSR count). The van der Waals surface area contributed by atoms with Crippen molar-refractivity contribution in [1.82, 2.24) is 9.80 Å². The lowest BCUT2D eigenvalue weighted by Crippen LogP contribution is -2.34. The van der Waals surface area contributed by atoms with E-state index in [1.54, 1.807) is 11.1 Å². The van der Waals surface area contributed by atoms with Crippen LogP contribution in [0.15, 0.2) is 24.3 Å². The molecule has 1 aromatic carbocycles. The van der Waals surface area contributed by atoms with Crippen LogP contribution in [0.4, 0.5) is 0 Å². The van der Waals surface area contributed by atoms with Gasteiger partial charge in [0.05, 0.1) is 0 Å². The predicted octanol–water partition coefficient (Wildman–Crippen LogP) is 2.70. The van der Waals surface area contributed by atoms with Crippen LogP contribution >= 0.6 is 0 Å². The minimum Gasteiger partial charge on any atom is -0.305 e. The van der Waals surface area contributed by atoms with E-state index in [1.807, 2.05) is 0 Å². The van der Waals surface area contributed by atoms with E-state index >= 15 is 0 Å². The van der Waals surface area contributed by atoms with Gasteiger partial charge in [0.2, 0.25) is 0 Å². The lowest BCUT2D eigenvalue weighted by atomic mass is 9.87. The van der Waals surface area contributed by atoms with E-state index in [0.717, 1.165) is 0 Å². The molecule has 1 aliphatic heterocycles. The molecule has 0 spiro atoms. The van der Waals surface area contributed by atoms with Gasteiger partial charge in [-0.2, -0.15) is 0 Å². The molecule has 2 heteroatoms. The summed E-state index contributed by atoms with van der Waals surface area (Å²) in [6, 6.07) is 9.76. The van der Waals surface area contributed by atoms with Crippen molar-refractivity contribution in [3.63, 3.8) is 0 Å². The number of benzene rings is 1. The fraction of sp³-hybridized carbons (Fsp3) is 0.625. The van der Waals surface area contributed by atoms with Crippen LogP contribution in [0.25, 0.3) is 0 Å². The van der Waals surface area contributed by atoms with Crippen LogP contribution in [0.1, 0.15) is 36.4 Å². The summed E-state index contributed by atoms with van der Waals surface area (Å²) < 4.78 is 0. The second kappa shape index (κ2) is 5.41. The van der Waals surface area contributed by atoms with Crippen molar-refractivity contribution in [3.05, 3.63) is 35.4 Å². The quantitative estimate of drug-likeness (QED) is 0.749. The van der Waals surface area contributed by atoms with Crippen LogP contribution in [0.2, 0.25) is 0 Å². The fourth-order valence-electron chi connectivity index (χ4n) is 3.49. The topological polar surface area (TPSA) is 6.48 Å². The van der Waals surface area contributed by atoms with Gasteiger partial charge < -0.3 is 4.90 Å². The lowest BCUT2D eigenvalue weighted by Gasteiger charge is -2.35. The Morgan fingerprint density at radius 3 is 2.83 bits per heavy atom. The molecule has 1 aliphatic carbocycles. The molecule has 1 heterocycles. The average Bonchev–Trinajstić information content (AvgIpc) is 2.63. The van der Waals surface area contributed by atoms with E-state index in [9.17, 15) is 0 Å². The number of fused-ring (bicyclic) bond motifs is 1. The zero-order valence-electron chi connectivity index (χ0n) is 11.4. The zero-order chi connectivity index (χ0) is 12.4. The Kier molecular flexibility index (Phi) is 3.67. The van der Waals surface area contributed by atoms with Crippen molar-refractivity contribution in [2.24, 2.45) is 0 Å². The second-order valence-corrected chi connectivity index (χ2v) is 5.80. The highest BCUT2D eigenvalue weighted by Crippen LogP contribution is 2.34. The van der Waals surface area contributed by atoms with E-state index in [1.165, 1.54) is 51.9 Å². The maximum atomic E-state index is 2.72. The Balaban J connectivity index is 1.80. The zero-order valence-corrected chi connectivity index (χ0v) is 11.4. The van der Waals surface area contributed by atoms with Crippen molar-refractivity contribution in [2.75, 3.05) is 33.2 Å². The smallest absolute Gasteiger partial charge is 0.0351 e. The molecule has 0 amide bonds. The van der Waals surface area contributed by atoms with Crippen LogP contribution in [-0.4, -0.2) is 43.0 Å². The van der Waals surface area contributed by atoms with E-state index < -0.39 is 0 Å². The Labute approximate surface area is 111 Å². The summed E-state index contributed by atoms with van der Waals surface area (Å²) >= 11 is 0. The molecule has 0 radical (unpaired) electrons. The monoisotopic (exact) mass is 244 g/mol. The van der Waals surface area contributed by atoms with Gasteiger partial charge in [-0.1, -0.05) is 24.3 Å². The molecule has 98 valence electrons. The summed E-state index contributed by atoms with van der Waals surface area (Å²) in [7, 11) is 2.25. The lowest BCUT2D eigenvalue weighted by molar-refractivity contribution is 0.185. The van der Waals surface area contributed by atoms with Crippen LogP contribution in [0.5, 0.6) is 0 Å². The molecule has 0 unspecified atom stereocenters. The SMILES string of the molecule is CN1CCCN([C@H]2CCCc3ccccc32)CC1. The van der Waals surface area contributed by atoms with E-state index in [2.05, 4.69) is 41.1 Å². The number of hydrogen-bond donors (Lipinski definition) is 0. The molecule has 1 atom stereocenters. The minimum absolute atomic E-state index is 0.682. The molecule has 2 nitrogen and oxygen atoms in total. The number of hydrogen-bond acceptors (Lipinski definition) is 2. The first-order valence-corrected chi connectivity index (χ1v) is 7.35. The summed E-state index contributed by atoms with van der Waals surface area (Å²) in [5.74, 6) is 0. The van der Waals surface area contributed by atoms with Gasteiger partial charge in [0.1, 0.15) is 0 Å². The van der Waals surface area contributed by atoms with E-state index in [-0.39, 0.29) is 0 Å². The summed E-state index contributed by atoms with van der Waals surface area (Å²) in [5, 5.41) is 0. The molecule has 1 saturated heterocycles. The molecular weight excluding hydrogens is 220 g/mol. The van der Waals surface area contributed by atoms with Gasteiger partial charge in [0, 0.05) is 25.7 Å². The third-order valence-electron chi connectivity index (χ3n) is 4.53. The number of aryl methyl sites for hydroxylation is 1. The van der Waals surface area contributed by atoms with Gasteiger partial charge in [-0.25, -0.2) is 0 Å². The van der Waals surface area contributed by atoms with E-state index in [0.29, 0.717) is 6.04 Å². The summed E-state index contributed by atoms with van der Waals surface area (Å²) in [4.78, 5) is 5.19. The van der Waals surface area contributed by atoms with Crippen LogP contribution in [-0.2, 0) is 6.42 Å². The van der Waals surface area contributed by atoms with Crippen LogP contribution in [0.3, 0.4) is 0 Å². The molecule has 0 N–H and O–H groups in total. The highest BCUT2D eigenvalue weighted by molar-refractivity contribution is 5.32. The van der Waals surface area contributed by atoms with Gasteiger partial charge in [0.25, 0.3) is 0 Å². The minimum atomic E-state index is 0.682. The summed E-state index contributed by atoms with van der Waals surface area (Å²) in [6.07, 6.45) is 5.30. The van der Waals surface area contributed by atoms with Crippen molar-refractivity contribution < 1.29 is 0 Å². The first-order valence-electron chi connectivity index (χ1n) is 7.35. The molecule has 1 aromatic rings. The summed E-state index contributed by atoms with van der Waals surface area (Å²) in [5.41, 5.74) is 3.19. The van der Waals surface area contributed by atoms with Gasteiger partial charge >= 0.3 is 0 Å². The first-order chi connectivity index (χ1) is 8.84. The third-order valence-corrected chi connectivity index (χ3v) is 4.53. The number of likely N-dealkylation sites (N-methyl/N-ethyl adjacent to an activating group) is 1. The highest BCUT2D eigenvalue weighted by Gasteiger charge is 2.26. The van der Waals surface area contributed by atoms with Crippen molar-refractivity contribution in [3.8, 4) is 0 Å². The van der Waals surface area contributed by atoms with Crippen molar-refractivity contribution in [2.45, 2.75) is 31.7 Å². The standard InChI is InChI=1S/C16H24N2/c1-17-10-5-11-18(13-12-17)16-9-4-7-14-6-2-3-8-15(14)16/h2-3,6,8,16H,4-5,7,9-13H2,1H3/t16-/m0/s1. The molecule has 0 aromatic heterocycles. The highest BCUT2D eigenvalue weighted by atomic mass is 15.2. The van der Waals surface area contributed by atoms with Gasteiger partial charge in [0.15, 0.2) is 0 Å².